The summed E-state index contributed by atoms with van der Waals surface area (Å²) in [6, 6.07) is 7.06. The van der Waals surface area contributed by atoms with Gasteiger partial charge in [-0.15, -0.1) is 0 Å². The maximum absolute atomic E-state index is 12.2. The van der Waals surface area contributed by atoms with Gasteiger partial charge in [0.05, 0.1) is 5.69 Å². The van der Waals surface area contributed by atoms with Gasteiger partial charge >= 0.3 is 0 Å². The monoisotopic (exact) mass is 396 g/mol. The number of hydrogen-bond donors (Lipinski definition) is 1. The van der Waals surface area contributed by atoms with Gasteiger partial charge in [0.25, 0.3) is 5.56 Å². The Bertz CT molecular complexity index is 767. The van der Waals surface area contributed by atoms with Gasteiger partial charge in [-0.3, -0.25) is 4.79 Å². The summed E-state index contributed by atoms with van der Waals surface area (Å²) >= 11 is 14.5. The molecule has 2 aromatic rings. The number of benzene rings is 1. The Balaban J connectivity index is 1.93. The molecule has 0 amide bonds. The molecule has 0 saturated heterocycles. The number of rotatable bonds is 5. The van der Waals surface area contributed by atoms with E-state index in [4.69, 9.17) is 28.2 Å². The lowest BCUT2D eigenvalue weighted by Gasteiger charge is -2.21. The van der Waals surface area contributed by atoms with Crippen molar-refractivity contribution in [3.63, 3.8) is 0 Å². The van der Waals surface area contributed by atoms with Crippen molar-refractivity contribution in [2.75, 3.05) is 0 Å². The number of nitrogens with one attached hydrogen (secondary N) is 1. The molecule has 1 aromatic carbocycles. The molecule has 1 atom stereocenters. The van der Waals surface area contributed by atoms with Crippen LogP contribution in [0.3, 0.4) is 0 Å². The predicted octanol–water partition coefficient (Wildman–Crippen LogP) is 6.04. The minimum Gasteiger partial charge on any atom is -0.301 e. The van der Waals surface area contributed by atoms with Crippen LogP contribution in [0.4, 0.5) is 0 Å². The molecular weight excluding hydrogens is 375 g/mol. The van der Waals surface area contributed by atoms with Crippen LogP contribution in [-0.2, 0) is 0 Å². The lowest BCUT2D eigenvalue weighted by molar-refractivity contribution is 0.515. The molecule has 0 bridgehead atoms. The van der Waals surface area contributed by atoms with Crippen LogP contribution in [0.1, 0.15) is 62.6 Å². The lowest BCUT2D eigenvalue weighted by atomic mass is 9.93. The molecule has 1 aliphatic rings. The van der Waals surface area contributed by atoms with Crippen LogP contribution in [0, 0.1) is 0 Å². The SMILES string of the molecule is CCC(c1cc(=O)[nH]c(SC2CCCCC2)n1)c1c(Cl)cccc1Cl. The second-order valence-electron chi connectivity index (χ2n) is 6.45. The number of H-pyrrole nitrogens is 1. The third-order valence-electron chi connectivity index (χ3n) is 4.68. The van der Waals surface area contributed by atoms with Gasteiger partial charge in [-0.25, -0.2) is 4.98 Å². The van der Waals surface area contributed by atoms with E-state index < -0.39 is 0 Å². The van der Waals surface area contributed by atoms with Crippen LogP contribution in [-0.4, -0.2) is 15.2 Å². The Morgan fingerprint density at radius 3 is 2.56 bits per heavy atom. The molecule has 3 nitrogen and oxygen atoms in total. The van der Waals surface area contributed by atoms with Crippen LogP contribution in [0.15, 0.2) is 34.2 Å². The normalized spacial score (nSPS) is 16.8. The highest BCUT2D eigenvalue weighted by Gasteiger charge is 2.22. The van der Waals surface area contributed by atoms with E-state index in [0.717, 1.165) is 17.7 Å². The summed E-state index contributed by atoms with van der Waals surface area (Å²) in [5.41, 5.74) is 1.46. The molecule has 134 valence electrons. The first-order valence-electron chi connectivity index (χ1n) is 8.80. The van der Waals surface area contributed by atoms with E-state index in [1.54, 1.807) is 17.8 Å². The highest BCUT2D eigenvalue weighted by molar-refractivity contribution is 7.99. The van der Waals surface area contributed by atoms with E-state index in [9.17, 15) is 4.79 Å². The number of halogens is 2. The van der Waals surface area contributed by atoms with Crippen LogP contribution in [0.2, 0.25) is 10.0 Å². The second kappa shape index (κ2) is 8.61. The standard InChI is InChI=1S/C19H22Cl2N2OS/c1-2-13(18-14(20)9-6-10-15(18)21)16-11-17(24)23-19(22-16)25-12-7-4-3-5-8-12/h6,9-13H,2-5,7-8H2,1H3,(H,22,23,24). The summed E-state index contributed by atoms with van der Waals surface area (Å²) in [5.74, 6) is -0.0887. The van der Waals surface area contributed by atoms with Gasteiger partial charge in [-0.05, 0) is 37.0 Å². The topological polar surface area (TPSA) is 45.8 Å². The summed E-state index contributed by atoms with van der Waals surface area (Å²) in [6.45, 7) is 2.06. The van der Waals surface area contributed by atoms with E-state index in [2.05, 4.69) is 11.9 Å². The Kier molecular flexibility index (Phi) is 6.48. The Morgan fingerprint density at radius 2 is 1.92 bits per heavy atom. The quantitative estimate of drug-likeness (QED) is 0.626. The highest BCUT2D eigenvalue weighted by atomic mass is 35.5. The fourth-order valence-electron chi connectivity index (χ4n) is 3.43. The van der Waals surface area contributed by atoms with Gasteiger partial charge in [0.15, 0.2) is 5.16 Å². The van der Waals surface area contributed by atoms with Crippen LogP contribution < -0.4 is 5.56 Å². The summed E-state index contributed by atoms with van der Waals surface area (Å²) in [7, 11) is 0. The molecule has 1 heterocycles. The number of hydrogen-bond acceptors (Lipinski definition) is 3. The zero-order valence-corrected chi connectivity index (χ0v) is 16.6. The Morgan fingerprint density at radius 1 is 1.24 bits per heavy atom. The van der Waals surface area contributed by atoms with E-state index in [0.29, 0.717) is 20.5 Å². The van der Waals surface area contributed by atoms with Crippen molar-refractivity contribution in [1.29, 1.82) is 0 Å². The highest BCUT2D eigenvalue weighted by Crippen LogP contribution is 2.37. The van der Waals surface area contributed by atoms with Gasteiger partial charge < -0.3 is 4.98 Å². The molecule has 1 fully saturated rings. The minimum atomic E-state index is -0.120. The predicted molar refractivity (Wildman–Crippen MR) is 106 cm³/mol. The molecule has 3 rings (SSSR count). The zero-order valence-electron chi connectivity index (χ0n) is 14.2. The van der Waals surface area contributed by atoms with Crippen LogP contribution >= 0.6 is 35.0 Å². The zero-order chi connectivity index (χ0) is 17.8. The third-order valence-corrected chi connectivity index (χ3v) is 6.56. The van der Waals surface area contributed by atoms with Crippen molar-refractivity contribution < 1.29 is 0 Å². The fraction of sp³-hybridized carbons (Fsp3) is 0.474. The van der Waals surface area contributed by atoms with Crippen molar-refractivity contribution >= 4 is 35.0 Å². The number of thioether (sulfide) groups is 1. The third kappa shape index (κ3) is 4.60. The van der Waals surface area contributed by atoms with E-state index >= 15 is 0 Å². The Labute approximate surface area is 162 Å². The van der Waals surface area contributed by atoms with Crippen molar-refractivity contribution in [1.82, 2.24) is 9.97 Å². The molecule has 6 heteroatoms. The first-order valence-corrected chi connectivity index (χ1v) is 10.4. The molecule has 0 radical (unpaired) electrons. The summed E-state index contributed by atoms with van der Waals surface area (Å²) < 4.78 is 0. The van der Waals surface area contributed by atoms with Gasteiger partial charge in [0.1, 0.15) is 0 Å². The molecule has 25 heavy (non-hydrogen) atoms. The van der Waals surface area contributed by atoms with Gasteiger partial charge in [-0.2, -0.15) is 0 Å². The van der Waals surface area contributed by atoms with E-state index in [-0.39, 0.29) is 11.5 Å². The van der Waals surface area contributed by atoms with Crippen molar-refractivity contribution in [3.8, 4) is 0 Å². The average molecular weight is 397 g/mol. The Hall–Kier alpha value is -0.970. The first-order chi connectivity index (χ1) is 12.1. The average Bonchev–Trinajstić information content (AvgIpc) is 2.58. The summed E-state index contributed by atoms with van der Waals surface area (Å²) in [6.07, 6.45) is 6.97. The molecule has 0 spiro atoms. The fourth-order valence-corrected chi connectivity index (χ4v) is 5.30. The summed E-state index contributed by atoms with van der Waals surface area (Å²) in [4.78, 5) is 19.8. The van der Waals surface area contributed by atoms with Crippen LogP contribution in [0.5, 0.6) is 0 Å². The van der Waals surface area contributed by atoms with Crippen molar-refractivity contribution in [2.45, 2.75) is 61.8 Å². The number of aromatic amines is 1. The second-order valence-corrected chi connectivity index (χ2v) is 8.55. The smallest absolute Gasteiger partial charge is 0.251 e. The molecule has 1 unspecified atom stereocenters. The summed E-state index contributed by atoms with van der Waals surface area (Å²) in [5, 5.41) is 2.47. The first kappa shape index (κ1) is 18.8. The molecule has 0 aliphatic heterocycles. The van der Waals surface area contributed by atoms with Crippen molar-refractivity contribution in [2.24, 2.45) is 0 Å². The van der Waals surface area contributed by atoms with Crippen molar-refractivity contribution in [3.05, 3.63) is 55.9 Å². The van der Waals surface area contributed by atoms with E-state index in [1.165, 1.54) is 32.1 Å². The number of aromatic nitrogens is 2. The molecule has 1 N–H and O–H groups in total. The molecule has 1 aromatic heterocycles. The van der Waals surface area contributed by atoms with Gasteiger partial charge in [-0.1, -0.05) is 67.2 Å². The minimum absolute atomic E-state index is 0.0887. The number of nitrogens with zero attached hydrogens (tertiary/aromatic N) is 1. The molecule has 1 saturated carbocycles. The maximum Gasteiger partial charge on any atom is 0.251 e. The largest absolute Gasteiger partial charge is 0.301 e. The van der Waals surface area contributed by atoms with Gasteiger partial charge in [0, 0.05) is 27.3 Å². The molecular formula is C19H22Cl2N2OS. The van der Waals surface area contributed by atoms with Gasteiger partial charge in [0.2, 0.25) is 0 Å². The molecule has 1 aliphatic carbocycles. The van der Waals surface area contributed by atoms with Crippen LogP contribution in [0.25, 0.3) is 0 Å². The van der Waals surface area contributed by atoms with E-state index in [1.807, 2.05) is 18.2 Å². The maximum atomic E-state index is 12.2. The lowest BCUT2D eigenvalue weighted by Crippen LogP contribution is -2.16.